The Kier molecular flexibility index (Phi) is 43.6. The van der Waals surface area contributed by atoms with Crippen LogP contribution in [0.2, 0.25) is 0 Å². The van der Waals surface area contributed by atoms with E-state index in [4.69, 9.17) is 11.5 Å². The van der Waals surface area contributed by atoms with E-state index in [1.54, 1.807) is 88.4 Å². The van der Waals surface area contributed by atoms with Crippen molar-refractivity contribution in [3.8, 4) is 0 Å². The monoisotopic (exact) mass is 1700 g/mol. The molecule has 4 fully saturated rings. The van der Waals surface area contributed by atoms with Crippen LogP contribution in [0.4, 0.5) is 4.79 Å². The molecule has 666 valence electrons. The number of hydrogen-bond donors (Lipinski definition) is 17. The van der Waals surface area contributed by atoms with Gasteiger partial charge in [-0.25, -0.2) is 9.59 Å². The van der Waals surface area contributed by atoms with E-state index < -0.39 is 169 Å². The first-order valence-corrected chi connectivity index (χ1v) is 44.0. The van der Waals surface area contributed by atoms with Crippen LogP contribution in [0.15, 0.2) is 60.7 Å². The number of carboxylic acid groups (broad SMARTS) is 3. The number of nitrogens with zero attached hydrogens (tertiary/aromatic N) is 2. The maximum Gasteiger partial charge on any atom is 0.326 e. The van der Waals surface area contributed by atoms with E-state index in [2.05, 4.69) is 63.8 Å². The van der Waals surface area contributed by atoms with Gasteiger partial charge in [0.2, 0.25) is 70.9 Å². The van der Waals surface area contributed by atoms with Gasteiger partial charge in [0.25, 0.3) is 0 Å². The molecular formula is C84H130N16O19S. The average molecular weight is 1700 g/mol. The van der Waals surface area contributed by atoms with Gasteiger partial charge in [-0.15, -0.1) is 0 Å². The van der Waals surface area contributed by atoms with E-state index >= 15 is 0 Å². The molecule has 4 heterocycles. The third kappa shape index (κ3) is 33.6. The molecule has 4 aliphatic rings. The number of hydrogen-bond acceptors (Lipinski definition) is 19. The summed E-state index contributed by atoms with van der Waals surface area (Å²) in [5.74, 6) is -12.3. The molecule has 0 radical (unpaired) electrons. The molecule has 15 atom stereocenters. The van der Waals surface area contributed by atoms with Crippen molar-refractivity contribution in [2.75, 3.05) is 45.0 Å². The normalized spacial score (nSPS) is 19.1. The lowest BCUT2D eigenvalue weighted by Crippen LogP contribution is -2.62. The Morgan fingerprint density at radius 1 is 0.467 bits per heavy atom. The molecule has 0 spiro atoms. The van der Waals surface area contributed by atoms with Gasteiger partial charge in [-0.05, 0) is 152 Å². The average Bonchev–Trinajstić information content (AvgIpc) is 1.70. The number of nitrogens with one attached hydrogen (secondary N) is 12. The molecule has 120 heavy (non-hydrogen) atoms. The maximum absolute atomic E-state index is 14.9. The summed E-state index contributed by atoms with van der Waals surface area (Å²) in [7, 11) is 0. The lowest BCUT2D eigenvalue weighted by molar-refractivity contribution is -0.150. The van der Waals surface area contributed by atoms with Gasteiger partial charge in [-0.3, -0.25) is 67.1 Å². The van der Waals surface area contributed by atoms with Crippen molar-refractivity contribution < 1.29 is 92.0 Å². The van der Waals surface area contributed by atoms with Crippen molar-refractivity contribution >= 4 is 107 Å². The number of likely N-dealkylation sites (tertiary alicyclic amines) is 2. The lowest BCUT2D eigenvalue weighted by atomic mass is 9.94. The van der Waals surface area contributed by atoms with Crippen molar-refractivity contribution in [3.63, 3.8) is 0 Å². The standard InChI is InChI=1S/C84H130N16O19S/c1-5-52(3)71(80(114)91-58(39-41-69(104)105)75(109)94-61(50-55-29-13-8-14-30-55)78(112)92-59(40-42-70(106)107)82(116)100-48-26-34-64(100)83(117)118)97-81(115)72(53(4)6-2)96-76(110)57(32-20-22-44-86)89-77(111)60(49-54-27-11-7-12-28-54)93-74(108)56(31-19-21-43-85)90-79(113)63-33-25-47-99(63)68(103)38-16-10-24-46-87-66(101)36-15-9-23-45-88-67(102)37-18-17-35-65-73-62(51-120-65)95-84(119)98-73/h7-8,11-14,27-30,52-53,56-65,71-73H,5-6,9-10,15-26,31-51,85-86H2,1-4H3,(H,87,101)(H,88,102)(H,89,111)(H,90,113)(H,91,114)(H,92,112)(H,93,108)(H,94,109)(H,96,110)(H,97,115)(H,104,105)(H,106,107)(H,117,118)(H2,95,98,119)/t52-,53-,56-,57-,58-,59-,60-,61-,62-,63-,64-,65-,71-,72-,73-/m0/s1. The third-order valence-electron chi connectivity index (χ3n) is 22.7. The van der Waals surface area contributed by atoms with E-state index in [0.29, 0.717) is 126 Å². The number of urea groups is 1. The summed E-state index contributed by atoms with van der Waals surface area (Å²) < 4.78 is 0. The summed E-state index contributed by atoms with van der Waals surface area (Å²) in [6.45, 7) is 8.62. The van der Waals surface area contributed by atoms with E-state index in [-0.39, 0.29) is 100 Å². The van der Waals surface area contributed by atoms with Gasteiger partial charge in [0.15, 0.2) is 0 Å². The Morgan fingerprint density at radius 2 is 0.900 bits per heavy atom. The van der Waals surface area contributed by atoms with Crippen LogP contribution >= 0.6 is 11.8 Å². The maximum atomic E-state index is 14.9. The number of carbonyl (C=O) groups is 16. The van der Waals surface area contributed by atoms with Gasteiger partial charge in [-0.1, -0.05) is 120 Å². The molecule has 0 saturated carbocycles. The molecule has 0 unspecified atom stereocenters. The molecule has 2 aromatic carbocycles. The zero-order chi connectivity index (χ0) is 87.6. The minimum atomic E-state index is -1.69. The van der Waals surface area contributed by atoms with Gasteiger partial charge in [0.1, 0.15) is 60.4 Å². The number of benzene rings is 2. The van der Waals surface area contributed by atoms with Crippen molar-refractivity contribution in [2.24, 2.45) is 23.3 Å². The number of carboxylic acids is 3. The van der Waals surface area contributed by atoms with Crippen LogP contribution in [0.5, 0.6) is 0 Å². The lowest BCUT2D eigenvalue weighted by Gasteiger charge is -2.31. The molecular weight excluding hydrogens is 1570 g/mol. The Hall–Kier alpha value is -9.97. The largest absolute Gasteiger partial charge is 0.481 e. The quantitative estimate of drug-likeness (QED) is 0.0334. The fourth-order valence-corrected chi connectivity index (χ4v) is 16.8. The van der Waals surface area contributed by atoms with Crippen LogP contribution in [0.1, 0.15) is 219 Å². The SMILES string of the molecule is CC[C@H](C)[C@H](NC(=O)[C@H](CCCCN)NC(=O)[C@H](Cc1ccccc1)NC(=O)[C@H](CCCCN)NC(=O)[C@@H]1CCCN1C(=O)CCCCCNC(=O)CCCCCNC(=O)CCCC[C@@H]1SC[C@@H]2NC(=O)N[C@@H]21)C(=O)N[C@H](C(=O)N[C@@H](CCC(=O)O)C(=O)N[C@@H](Cc1ccccc1)C(=O)N[C@@H](CCC(=O)O)C(=O)N1CCC[C@H]1C(=O)O)[C@@H](C)CC. The number of thioether (sulfide) groups is 1. The molecule has 2 aromatic rings. The second-order valence-electron chi connectivity index (χ2n) is 31.9. The molecule has 0 bridgehead atoms. The Bertz CT molecular complexity index is 3720. The molecule has 19 N–H and O–H groups in total. The van der Waals surface area contributed by atoms with Crippen molar-refractivity contribution in [3.05, 3.63) is 71.8 Å². The van der Waals surface area contributed by atoms with Crippen molar-refractivity contribution in [2.45, 2.75) is 298 Å². The Morgan fingerprint density at radius 3 is 1.42 bits per heavy atom. The minimum Gasteiger partial charge on any atom is -0.481 e. The number of amides is 14. The number of rotatable bonds is 57. The Labute approximate surface area is 707 Å². The van der Waals surface area contributed by atoms with Gasteiger partial charge in [-0.2, -0.15) is 11.8 Å². The first-order chi connectivity index (χ1) is 57.5. The molecule has 4 saturated heterocycles. The van der Waals surface area contributed by atoms with Gasteiger partial charge in [0.05, 0.1) is 12.1 Å². The third-order valence-corrected chi connectivity index (χ3v) is 24.2. The predicted octanol–water partition coefficient (Wildman–Crippen LogP) is 2.58. The van der Waals surface area contributed by atoms with Crippen LogP contribution in [-0.4, -0.2) is 243 Å². The smallest absolute Gasteiger partial charge is 0.326 e. The van der Waals surface area contributed by atoms with Crippen LogP contribution in [-0.2, 0) is 84.8 Å². The van der Waals surface area contributed by atoms with Crippen LogP contribution in [0.3, 0.4) is 0 Å². The summed E-state index contributed by atoms with van der Waals surface area (Å²) >= 11 is 1.86. The molecule has 35 nitrogen and oxygen atoms in total. The van der Waals surface area contributed by atoms with Crippen LogP contribution in [0.25, 0.3) is 0 Å². The summed E-state index contributed by atoms with van der Waals surface area (Å²) in [5.41, 5.74) is 12.9. The highest BCUT2D eigenvalue weighted by molar-refractivity contribution is 8.00. The number of unbranched alkanes of at least 4 members (excludes halogenated alkanes) is 7. The summed E-state index contributed by atoms with van der Waals surface area (Å²) in [6.07, 6.45) is 8.60. The first kappa shape index (κ1) is 98.9. The number of carbonyl (C=O) groups excluding carboxylic acids is 13. The van der Waals surface area contributed by atoms with E-state index in [0.717, 1.165) is 42.8 Å². The number of nitrogens with two attached hydrogens (primary N) is 2. The molecule has 0 aliphatic carbocycles. The van der Waals surface area contributed by atoms with Crippen LogP contribution < -0.4 is 75.3 Å². The summed E-state index contributed by atoms with van der Waals surface area (Å²) in [6, 6.07) is 3.57. The van der Waals surface area contributed by atoms with Gasteiger partial charge >= 0.3 is 23.9 Å². The zero-order valence-corrected chi connectivity index (χ0v) is 70.7. The number of fused-ring (bicyclic) bond motifs is 1. The van der Waals surface area contributed by atoms with E-state index in [1.807, 2.05) is 11.8 Å². The van der Waals surface area contributed by atoms with Crippen molar-refractivity contribution in [1.82, 2.24) is 73.6 Å². The van der Waals surface area contributed by atoms with Crippen molar-refractivity contribution in [1.29, 1.82) is 0 Å². The fraction of sp³-hybridized carbons (Fsp3) is 0.667. The number of aliphatic carboxylic acids is 3. The highest BCUT2D eigenvalue weighted by atomic mass is 32.2. The van der Waals surface area contributed by atoms with Crippen LogP contribution in [0, 0.1) is 11.8 Å². The summed E-state index contributed by atoms with van der Waals surface area (Å²) in [5, 5.41) is 63.4. The zero-order valence-electron chi connectivity index (χ0n) is 69.9. The second-order valence-corrected chi connectivity index (χ2v) is 33.2. The topological polar surface area (TPSA) is 537 Å². The first-order valence-electron chi connectivity index (χ1n) is 43.0. The van der Waals surface area contributed by atoms with E-state index in [1.165, 1.54) is 4.90 Å². The van der Waals surface area contributed by atoms with Gasteiger partial charge < -0.3 is 100 Å². The predicted molar refractivity (Wildman–Crippen MR) is 448 cm³/mol. The van der Waals surface area contributed by atoms with Gasteiger partial charge in [0, 0.05) is 82.1 Å². The fourth-order valence-electron chi connectivity index (χ4n) is 15.3. The highest BCUT2D eigenvalue weighted by Gasteiger charge is 2.44. The Balaban J connectivity index is 1.06. The molecule has 4 aliphatic heterocycles. The second kappa shape index (κ2) is 52.9. The van der Waals surface area contributed by atoms with E-state index in [9.17, 15) is 92.0 Å². The molecule has 36 heteroatoms. The summed E-state index contributed by atoms with van der Waals surface area (Å²) in [4.78, 5) is 221. The highest BCUT2D eigenvalue weighted by Crippen LogP contribution is 2.33. The molecule has 6 rings (SSSR count). The molecule has 14 amide bonds. The minimum absolute atomic E-state index is 0.00226. The molecule has 0 aromatic heterocycles.